The van der Waals surface area contributed by atoms with Crippen molar-refractivity contribution in [2.75, 3.05) is 6.61 Å². The summed E-state index contributed by atoms with van der Waals surface area (Å²) in [6.45, 7) is 0.304. The van der Waals surface area contributed by atoms with Crippen LogP contribution in [0.3, 0.4) is 0 Å². The highest BCUT2D eigenvalue weighted by Crippen LogP contribution is 2.41. The van der Waals surface area contributed by atoms with Crippen molar-refractivity contribution in [2.24, 2.45) is 0 Å². The van der Waals surface area contributed by atoms with E-state index in [0.717, 1.165) is 5.56 Å². The van der Waals surface area contributed by atoms with Gasteiger partial charge in [0.15, 0.2) is 5.78 Å². The number of benzene rings is 3. The number of carboxylic acid groups (broad SMARTS) is 1. The third kappa shape index (κ3) is 5.45. The van der Waals surface area contributed by atoms with Gasteiger partial charge in [-0.2, -0.15) is 0 Å². The number of nitrogens with zero attached hydrogens (tertiary/aromatic N) is 1. The van der Waals surface area contributed by atoms with E-state index >= 15 is 0 Å². The number of carbonyl (C=O) groups is 2. The summed E-state index contributed by atoms with van der Waals surface area (Å²) in [6.07, 6.45) is 0.519. The van der Waals surface area contributed by atoms with Gasteiger partial charge >= 0.3 is 5.97 Å². The van der Waals surface area contributed by atoms with Crippen LogP contribution < -0.4 is 9.47 Å². The summed E-state index contributed by atoms with van der Waals surface area (Å²) in [6, 6.07) is 22.9. The number of pyridine rings is 1. The zero-order valence-corrected chi connectivity index (χ0v) is 21.0. The predicted molar refractivity (Wildman–Crippen MR) is 141 cm³/mol. The molecule has 4 aromatic rings. The molecule has 0 bridgehead atoms. The predicted octanol–water partition coefficient (Wildman–Crippen LogP) is 7.22. The summed E-state index contributed by atoms with van der Waals surface area (Å²) in [7, 11) is 0. The number of carbonyl (C=O) groups excluding carboxylic acids is 1. The van der Waals surface area contributed by atoms with Crippen molar-refractivity contribution in [1.82, 2.24) is 4.98 Å². The van der Waals surface area contributed by atoms with Gasteiger partial charge in [0.05, 0.1) is 29.7 Å². The molecule has 1 atom stereocenters. The maximum atomic E-state index is 12.9. The third-order valence-electron chi connectivity index (χ3n) is 6.10. The number of halogens is 2. The molecule has 1 N–H and O–H groups in total. The highest BCUT2D eigenvalue weighted by molar-refractivity contribution is 6.33. The van der Waals surface area contributed by atoms with Gasteiger partial charge in [0.25, 0.3) is 0 Å². The lowest BCUT2D eigenvalue weighted by atomic mass is 9.93. The average molecular weight is 534 g/mol. The van der Waals surface area contributed by atoms with Gasteiger partial charge in [-0.1, -0.05) is 47.5 Å². The fraction of sp³-hybridized carbons (Fsp3) is 0.138. The van der Waals surface area contributed by atoms with Crippen LogP contribution in [0.1, 0.15) is 34.0 Å². The quantitative estimate of drug-likeness (QED) is 0.252. The van der Waals surface area contributed by atoms with E-state index in [1.54, 1.807) is 42.5 Å². The molecule has 0 fully saturated rings. The summed E-state index contributed by atoms with van der Waals surface area (Å²) < 4.78 is 11.5. The van der Waals surface area contributed by atoms with Crippen LogP contribution in [0, 0.1) is 0 Å². The Hall–Kier alpha value is -3.87. The molecule has 0 saturated heterocycles. The lowest BCUT2D eigenvalue weighted by Crippen LogP contribution is -2.20. The average Bonchev–Trinajstić information content (AvgIpc) is 2.89. The molecule has 1 aliphatic rings. The van der Waals surface area contributed by atoms with E-state index in [2.05, 4.69) is 4.98 Å². The summed E-state index contributed by atoms with van der Waals surface area (Å²) >= 11 is 12.7. The van der Waals surface area contributed by atoms with Crippen molar-refractivity contribution >= 4 is 35.0 Å². The Morgan fingerprint density at radius 3 is 2.51 bits per heavy atom. The topological polar surface area (TPSA) is 85.7 Å². The minimum absolute atomic E-state index is 0.0877. The number of carboxylic acids is 1. The zero-order chi connectivity index (χ0) is 25.9. The monoisotopic (exact) mass is 533 g/mol. The van der Waals surface area contributed by atoms with Gasteiger partial charge in [0.2, 0.25) is 0 Å². The number of ketones is 1. The lowest BCUT2D eigenvalue weighted by Gasteiger charge is -2.24. The molecule has 6 nitrogen and oxygen atoms in total. The maximum Gasteiger partial charge on any atom is 0.311 e. The van der Waals surface area contributed by atoms with Gasteiger partial charge in [-0.25, -0.2) is 0 Å². The van der Waals surface area contributed by atoms with Crippen LogP contribution in [-0.2, 0) is 11.2 Å². The standard InChI is InChI=1S/C29H21Cl2NO5/c30-23-6-2-1-5-21(23)25-7-3-4-18(32-25)14-26(33)17-8-10-19(11-9-17)37-28-16-27-22(15-24(28)31)20(29(34)35)12-13-36-27/h1-11,15-16,20H,12-14H2,(H,34,35). The number of aliphatic carboxylic acids is 1. The first kappa shape index (κ1) is 24.8. The summed E-state index contributed by atoms with van der Waals surface area (Å²) in [5.41, 5.74) is 3.21. The fourth-order valence-electron chi connectivity index (χ4n) is 4.22. The molecule has 0 aliphatic carbocycles. The molecule has 37 heavy (non-hydrogen) atoms. The van der Waals surface area contributed by atoms with E-state index in [-0.39, 0.29) is 17.2 Å². The molecular formula is C29H21Cl2NO5. The van der Waals surface area contributed by atoms with Crippen molar-refractivity contribution in [2.45, 2.75) is 18.8 Å². The molecule has 8 heteroatoms. The molecule has 1 aliphatic heterocycles. The summed E-state index contributed by atoms with van der Waals surface area (Å²) in [4.78, 5) is 29.1. The SMILES string of the molecule is O=C(Cc1cccc(-c2ccccc2Cl)n1)c1ccc(Oc2cc3c(cc2Cl)C(C(=O)O)CCO3)cc1. The van der Waals surface area contributed by atoms with Crippen molar-refractivity contribution in [1.29, 1.82) is 0 Å². The minimum Gasteiger partial charge on any atom is -0.493 e. The van der Waals surface area contributed by atoms with Crippen molar-refractivity contribution in [3.8, 4) is 28.5 Å². The second-order valence-corrected chi connectivity index (χ2v) is 9.38. The number of rotatable bonds is 7. The normalized spacial score (nSPS) is 14.4. The zero-order valence-electron chi connectivity index (χ0n) is 19.5. The van der Waals surface area contributed by atoms with Crippen LogP contribution in [0.2, 0.25) is 10.0 Å². The number of fused-ring (bicyclic) bond motifs is 1. The van der Waals surface area contributed by atoms with E-state index < -0.39 is 11.9 Å². The molecule has 0 spiro atoms. The first-order valence-electron chi connectivity index (χ1n) is 11.6. The number of ether oxygens (including phenoxy) is 2. The first-order valence-corrected chi connectivity index (χ1v) is 12.4. The fourth-order valence-corrected chi connectivity index (χ4v) is 4.67. The van der Waals surface area contributed by atoms with Crippen LogP contribution >= 0.6 is 23.2 Å². The minimum atomic E-state index is -0.916. The molecule has 2 heterocycles. The number of hydrogen-bond acceptors (Lipinski definition) is 5. The van der Waals surface area contributed by atoms with Crippen LogP contribution in [0.25, 0.3) is 11.3 Å². The molecule has 186 valence electrons. The smallest absolute Gasteiger partial charge is 0.311 e. The van der Waals surface area contributed by atoms with E-state index in [1.807, 2.05) is 36.4 Å². The van der Waals surface area contributed by atoms with E-state index in [4.69, 9.17) is 32.7 Å². The molecule has 1 unspecified atom stereocenters. The van der Waals surface area contributed by atoms with Gasteiger partial charge in [-0.15, -0.1) is 0 Å². The van der Waals surface area contributed by atoms with Crippen LogP contribution in [0.15, 0.2) is 78.9 Å². The Bertz CT molecular complexity index is 1490. The Balaban J connectivity index is 1.29. The molecule has 0 radical (unpaired) electrons. The summed E-state index contributed by atoms with van der Waals surface area (Å²) in [5, 5.41) is 10.3. The van der Waals surface area contributed by atoms with Crippen molar-refractivity contribution in [3.05, 3.63) is 106 Å². The lowest BCUT2D eigenvalue weighted by molar-refractivity contribution is -0.139. The van der Waals surface area contributed by atoms with Gasteiger partial charge in [0, 0.05) is 33.5 Å². The first-order chi connectivity index (χ1) is 17.9. The highest BCUT2D eigenvalue weighted by Gasteiger charge is 2.29. The maximum absolute atomic E-state index is 12.9. The second-order valence-electron chi connectivity index (χ2n) is 8.57. The number of aromatic nitrogens is 1. The van der Waals surface area contributed by atoms with Crippen molar-refractivity contribution in [3.63, 3.8) is 0 Å². The highest BCUT2D eigenvalue weighted by atomic mass is 35.5. The Labute approximate surface area is 223 Å². The van der Waals surface area contributed by atoms with Crippen LogP contribution in [0.4, 0.5) is 0 Å². The Kier molecular flexibility index (Phi) is 7.12. The van der Waals surface area contributed by atoms with Gasteiger partial charge < -0.3 is 14.6 Å². The van der Waals surface area contributed by atoms with E-state index in [0.29, 0.717) is 57.8 Å². The summed E-state index contributed by atoms with van der Waals surface area (Å²) in [5.74, 6) is -0.415. The second kappa shape index (κ2) is 10.6. The largest absolute Gasteiger partial charge is 0.493 e. The van der Waals surface area contributed by atoms with Crippen LogP contribution in [-0.4, -0.2) is 28.4 Å². The third-order valence-corrected chi connectivity index (χ3v) is 6.73. The number of Topliss-reactive ketones (excluding diaryl/α,β-unsaturated/α-hetero) is 1. The molecule has 0 saturated carbocycles. The van der Waals surface area contributed by atoms with Crippen molar-refractivity contribution < 1.29 is 24.2 Å². The molecular weight excluding hydrogens is 513 g/mol. The molecule has 3 aromatic carbocycles. The van der Waals surface area contributed by atoms with Gasteiger partial charge in [-0.3, -0.25) is 14.6 Å². The van der Waals surface area contributed by atoms with Gasteiger partial charge in [0.1, 0.15) is 17.2 Å². The Morgan fingerprint density at radius 2 is 1.76 bits per heavy atom. The van der Waals surface area contributed by atoms with Crippen LogP contribution in [0.5, 0.6) is 17.2 Å². The van der Waals surface area contributed by atoms with Gasteiger partial charge in [-0.05, 0) is 55.0 Å². The Morgan fingerprint density at radius 1 is 0.973 bits per heavy atom. The molecule has 1 aromatic heterocycles. The van der Waals surface area contributed by atoms with E-state index in [1.165, 1.54) is 0 Å². The molecule has 0 amide bonds. The number of hydrogen-bond donors (Lipinski definition) is 1. The van der Waals surface area contributed by atoms with E-state index in [9.17, 15) is 14.7 Å². The molecule has 5 rings (SSSR count).